The molecule has 0 saturated heterocycles. The van der Waals surface area contributed by atoms with Crippen LogP contribution in [0.1, 0.15) is 24.5 Å². The fourth-order valence-corrected chi connectivity index (χ4v) is 4.04. The second kappa shape index (κ2) is 7.29. The first kappa shape index (κ1) is 17.8. The largest absolute Gasteiger partial charge is 0.486 e. The highest BCUT2D eigenvalue weighted by molar-refractivity contribution is 7.16. The Hall–Kier alpha value is -3.26. The number of aromatic amines is 1. The fraction of sp³-hybridized carbons (Fsp3) is 0.238. The van der Waals surface area contributed by atoms with Gasteiger partial charge in [-0.2, -0.15) is 14.7 Å². The summed E-state index contributed by atoms with van der Waals surface area (Å²) >= 11 is 1.47. The van der Waals surface area contributed by atoms with E-state index in [2.05, 4.69) is 57.5 Å². The fourth-order valence-electron chi connectivity index (χ4n) is 3.30. The number of aromatic nitrogens is 6. The van der Waals surface area contributed by atoms with Gasteiger partial charge in [0.25, 0.3) is 0 Å². The molecule has 3 heterocycles. The van der Waals surface area contributed by atoms with Gasteiger partial charge in [0.15, 0.2) is 5.01 Å². The Morgan fingerprint density at radius 1 is 1.07 bits per heavy atom. The molecule has 8 heteroatoms. The standard InChI is InChI=1S/C21H20N6OS/c1-13(2)9-16-11-18(23-22-16)20-24-25-21-27(20)26-19(29-21)12-28-17-8-7-14-5-3-4-6-15(14)10-17/h3-8,10-11,13H,9,12H2,1-2H3,(H,22,23). The minimum Gasteiger partial charge on any atom is -0.486 e. The van der Waals surface area contributed by atoms with E-state index >= 15 is 0 Å². The highest BCUT2D eigenvalue weighted by atomic mass is 32.1. The van der Waals surface area contributed by atoms with Gasteiger partial charge in [-0.3, -0.25) is 5.10 Å². The molecule has 0 unspecified atom stereocenters. The summed E-state index contributed by atoms with van der Waals surface area (Å²) in [6.07, 6.45) is 0.941. The number of fused-ring (bicyclic) bond motifs is 2. The molecule has 0 amide bonds. The Bertz CT molecular complexity index is 1280. The second-order valence-electron chi connectivity index (χ2n) is 7.39. The number of ether oxygens (including phenoxy) is 1. The van der Waals surface area contributed by atoms with Crippen LogP contribution in [0.2, 0.25) is 0 Å². The van der Waals surface area contributed by atoms with Gasteiger partial charge in [-0.05, 0) is 41.3 Å². The van der Waals surface area contributed by atoms with Crippen LogP contribution in [0.4, 0.5) is 0 Å². The van der Waals surface area contributed by atoms with Gasteiger partial charge in [0.1, 0.15) is 18.1 Å². The molecule has 0 atom stereocenters. The molecule has 2 aromatic carbocycles. The normalized spacial score (nSPS) is 11.7. The average molecular weight is 404 g/mol. The van der Waals surface area contributed by atoms with E-state index in [0.717, 1.165) is 38.9 Å². The van der Waals surface area contributed by atoms with Crippen LogP contribution in [0.5, 0.6) is 5.75 Å². The lowest BCUT2D eigenvalue weighted by atomic mass is 10.1. The Kier molecular flexibility index (Phi) is 4.48. The van der Waals surface area contributed by atoms with Gasteiger partial charge < -0.3 is 4.74 Å². The summed E-state index contributed by atoms with van der Waals surface area (Å²) in [4.78, 5) is 0.727. The number of benzene rings is 2. The molecule has 29 heavy (non-hydrogen) atoms. The highest BCUT2D eigenvalue weighted by Crippen LogP contribution is 2.24. The van der Waals surface area contributed by atoms with Gasteiger partial charge in [-0.15, -0.1) is 10.2 Å². The summed E-state index contributed by atoms with van der Waals surface area (Å²) in [6.45, 7) is 4.74. The van der Waals surface area contributed by atoms with Crippen LogP contribution >= 0.6 is 11.3 Å². The van der Waals surface area contributed by atoms with Gasteiger partial charge in [-0.1, -0.05) is 55.5 Å². The third-order valence-electron chi connectivity index (χ3n) is 4.60. The maximum Gasteiger partial charge on any atom is 0.235 e. The second-order valence-corrected chi connectivity index (χ2v) is 8.43. The molecule has 5 aromatic rings. The lowest BCUT2D eigenvalue weighted by molar-refractivity contribution is 0.304. The number of nitrogens with one attached hydrogen (secondary N) is 1. The van der Waals surface area contributed by atoms with Gasteiger partial charge in [0.05, 0.1) is 0 Å². The molecule has 146 valence electrons. The van der Waals surface area contributed by atoms with Gasteiger partial charge >= 0.3 is 0 Å². The van der Waals surface area contributed by atoms with Crippen molar-refractivity contribution in [3.8, 4) is 17.3 Å². The molecule has 0 radical (unpaired) electrons. The van der Waals surface area contributed by atoms with Crippen molar-refractivity contribution in [1.29, 1.82) is 0 Å². The third-order valence-corrected chi connectivity index (χ3v) is 5.48. The van der Waals surface area contributed by atoms with Crippen LogP contribution in [0, 0.1) is 5.92 Å². The highest BCUT2D eigenvalue weighted by Gasteiger charge is 2.16. The third kappa shape index (κ3) is 3.58. The van der Waals surface area contributed by atoms with E-state index in [0.29, 0.717) is 18.3 Å². The van der Waals surface area contributed by atoms with Crippen LogP contribution in [0.3, 0.4) is 0 Å². The van der Waals surface area contributed by atoms with Crippen molar-refractivity contribution in [2.24, 2.45) is 5.92 Å². The van der Waals surface area contributed by atoms with Crippen molar-refractivity contribution in [1.82, 2.24) is 30.0 Å². The van der Waals surface area contributed by atoms with Crippen LogP contribution < -0.4 is 4.74 Å². The maximum absolute atomic E-state index is 5.96. The first-order chi connectivity index (χ1) is 14.2. The van der Waals surface area contributed by atoms with E-state index in [4.69, 9.17) is 4.74 Å². The Morgan fingerprint density at radius 3 is 2.79 bits per heavy atom. The van der Waals surface area contributed by atoms with Gasteiger partial charge in [-0.25, -0.2) is 0 Å². The van der Waals surface area contributed by atoms with Crippen molar-refractivity contribution in [3.63, 3.8) is 0 Å². The van der Waals surface area contributed by atoms with Crippen LogP contribution in [-0.2, 0) is 13.0 Å². The summed E-state index contributed by atoms with van der Waals surface area (Å²) in [7, 11) is 0. The van der Waals surface area contributed by atoms with Crippen molar-refractivity contribution in [3.05, 3.63) is 59.2 Å². The molecule has 0 spiro atoms. The zero-order valence-corrected chi connectivity index (χ0v) is 17.0. The topological polar surface area (TPSA) is 81.0 Å². The van der Waals surface area contributed by atoms with E-state index in [1.54, 1.807) is 4.52 Å². The minimum absolute atomic E-state index is 0.380. The smallest absolute Gasteiger partial charge is 0.235 e. The van der Waals surface area contributed by atoms with Crippen molar-refractivity contribution >= 4 is 27.1 Å². The lowest BCUT2D eigenvalue weighted by Gasteiger charge is -2.05. The maximum atomic E-state index is 5.96. The molecule has 0 aliphatic heterocycles. The van der Waals surface area contributed by atoms with E-state index in [-0.39, 0.29) is 0 Å². The summed E-state index contributed by atoms with van der Waals surface area (Å²) in [5.41, 5.74) is 1.84. The average Bonchev–Trinajstić information content (AvgIpc) is 3.41. The molecule has 1 N–H and O–H groups in total. The van der Waals surface area contributed by atoms with Crippen LogP contribution in [0.25, 0.3) is 27.3 Å². The summed E-state index contributed by atoms with van der Waals surface area (Å²) < 4.78 is 7.69. The number of nitrogens with zero attached hydrogens (tertiary/aromatic N) is 5. The van der Waals surface area contributed by atoms with Crippen molar-refractivity contribution < 1.29 is 4.74 Å². The molecule has 0 aliphatic rings. The molecule has 0 bridgehead atoms. The Labute approximate surface area is 171 Å². The predicted octanol–water partition coefficient (Wildman–Crippen LogP) is 4.51. The monoisotopic (exact) mass is 404 g/mol. The van der Waals surface area contributed by atoms with Crippen LogP contribution in [-0.4, -0.2) is 30.0 Å². The Morgan fingerprint density at radius 2 is 1.93 bits per heavy atom. The van der Waals surface area contributed by atoms with E-state index in [1.165, 1.54) is 16.7 Å². The van der Waals surface area contributed by atoms with E-state index < -0.39 is 0 Å². The number of hydrogen-bond donors (Lipinski definition) is 1. The zero-order chi connectivity index (χ0) is 19.8. The number of hydrogen-bond acceptors (Lipinski definition) is 6. The first-order valence-corrected chi connectivity index (χ1v) is 10.3. The predicted molar refractivity (Wildman–Crippen MR) is 113 cm³/mol. The molecule has 0 aliphatic carbocycles. The quantitative estimate of drug-likeness (QED) is 0.450. The van der Waals surface area contributed by atoms with Gasteiger partial charge in [0.2, 0.25) is 10.8 Å². The SMILES string of the molecule is CC(C)Cc1cc(-c2nnc3sc(COc4ccc5ccccc5c4)nn23)n[nH]1. The van der Waals surface area contributed by atoms with E-state index in [9.17, 15) is 0 Å². The zero-order valence-electron chi connectivity index (χ0n) is 16.2. The lowest BCUT2D eigenvalue weighted by Crippen LogP contribution is -1.97. The molecule has 0 fully saturated rings. The van der Waals surface area contributed by atoms with Crippen molar-refractivity contribution in [2.45, 2.75) is 26.9 Å². The molecular formula is C21H20N6OS. The molecule has 7 nitrogen and oxygen atoms in total. The molecule has 5 rings (SSSR count). The number of H-pyrrole nitrogens is 1. The van der Waals surface area contributed by atoms with E-state index in [1.807, 2.05) is 30.3 Å². The Balaban J connectivity index is 1.35. The molecule has 3 aromatic heterocycles. The summed E-state index contributed by atoms with van der Waals surface area (Å²) in [5.74, 6) is 2.01. The summed E-state index contributed by atoms with van der Waals surface area (Å²) in [6, 6.07) is 16.3. The van der Waals surface area contributed by atoms with Crippen molar-refractivity contribution in [2.75, 3.05) is 0 Å². The molecule has 0 saturated carbocycles. The van der Waals surface area contributed by atoms with Crippen LogP contribution in [0.15, 0.2) is 48.5 Å². The van der Waals surface area contributed by atoms with Gasteiger partial charge in [0, 0.05) is 5.69 Å². The molecular weight excluding hydrogens is 384 g/mol. The number of rotatable bonds is 6. The minimum atomic E-state index is 0.380. The summed E-state index contributed by atoms with van der Waals surface area (Å²) in [5, 5.41) is 23.8. The first-order valence-electron chi connectivity index (χ1n) is 9.53.